The average Bonchev–Trinajstić information content (AvgIpc) is 2.46. The van der Waals surface area contributed by atoms with Crippen molar-refractivity contribution < 1.29 is 23.1 Å². The molecular weight excluding hydrogens is 304 g/mol. The van der Waals surface area contributed by atoms with Crippen molar-refractivity contribution in [2.45, 2.75) is 33.6 Å². The number of ether oxygens (including phenoxy) is 1. The number of amides is 1. The van der Waals surface area contributed by atoms with E-state index in [9.17, 15) is 18.4 Å². The maximum absolute atomic E-state index is 14.6. The van der Waals surface area contributed by atoms with Crippen molar-refractivity contribution in [3.05, 3.63) is 35.9 Å². The molecule has 1 aromatic rings. The third-order valence-electron chi connectivity index (χ3n) is 3.25. The first kappa shape index (κ1) is 18.9. The molecule has 1 atom stereocenters. The number of rotatable bonds is 6. The lowest BCUT2D eigenvalue weighted by Gasteiger charge is -2.29. The van der Waals surface area contributed by atoms with Gasteiger partial charge in [-0.25, -0.2) is 9.79 Å². The smallest absolute Gasteiger partial charge is 0.377 e. The van der Waals surface area contributed by atoms with Crippen LogP contribution in [0.25, 0.3) is 0 Å². The molecule has 0 radical (unpaired) electrons. The molecule has 1 unspecified atom stereocenters. The summed E-state index contributed by atoms with van der Waals surface area (Å²) in [4.78, 5) is 26.9. The number of carbonyl (C=O) groups excluding carboxylic acids is 2. The summed E-state index contributed by atoms with van der Waals surface area (Å²) in [6, 6.07) is 8.20. The van der Waals surface area contributed by atoms with Gasteiger partial charge in [-0.15, -0.1) is 0 Å². The zero-order valence-electron chi connectivity index (χ0n) is 13.7. The van der Waals surface area contributed by atoms with Gasteiger partial charge in [0, 0.05) is 6.92 Å². The molecule has 23 heavy (non-hydrogen) atoms. The van der Waals surface area contributed by atoms with E-state index in [1.165, 1.54) is 13.8 Å². The van der Waals surface area contributed by atoms with E-state index in [0.29, 0.717) is 5.56 Å². The summed E-state index contributed by atoms with van der Waals surface area (Å²) in [5.41, 5.74) is 0.275. The Kier molecular flexibility index (Phi) is 6.54. The lowest BCUT2D eigenvalue weighted by Crippen LogP contribution is -2.46. The van der Waals surface area contributed by atoms with Gasteiger partial charge in [0.05, 0.1) is 18.2 Å². The van der Waals surface area contributed by atoms with Gasteiger partial charge >= 0.3 is 11.9 Å². The fraction of sp³-hybridized carbons (Fsp3) is 0.471. The molecule has 126 valence electrons. The number of esters is 1. The maximum atomic E-state index is 14.6. The number of benzene rings is 1. The van der Waals surface area contributed by atoms with Crippen molar-refractivity contribution in [2.24, 2.45) is 16.8 Å². The van der Waals surface area contributed by atoms with Gasteiger partial charge in [0.15, 0.2) is 0 Å². The highest BCUT2D eigenvalue weighted by Crippen LogP contribution is 2.35. The Morgan fingerprint density at radius 1 is 1.22 bits per heavy atom. The quantitative estimate of drug-likeness (QED) is 0.594. The first-order chi connectivity index (χ1) is 10.7. The standard InChI is InChI=1S/C17H21F2NO3/c1-5-23-16(22)17(18,19)14(11(2)3)15(20-12(4)21)13-9-7-6-8-10-13/h6-11,14H,5H2,1-4H3. The van der Waals surface area contributed by atoms with Crippen LogP contribution < -0.4 is 0 Å². The molecule has 0 saturated carbocycles. The minimum Gasteiger partial charge on any atom is -0.462 e. The second-order valence-corrected chi connectivity index (χ2v) is 5.45. The van der Waals surface area contributed by atoms with Crippen LogP contribution in [0.4, 0.5) is 8.78 Å². The molecule has 0 N–H and O–H groups in total. The monoisotopic (exact) mass is 325 g/mol. The van der Waals surface area contributed by atoms with Gasteiger partial charge in [-0.3, -0.25) is 4.79 Å². The molecule has 0 aliphatic rings. The number of hydrogen-bond donors (Lipinski definition) is 0. The number of nitrogens with zero attached hydrogens (tertiary/aromatic N) is 1. The minimum atomic E-state index is -3.78. The van der Waals surface area contributed by atoms with Gasteiger partial charge in [-0.05, 0) is 18.4 Å². The SMILES string of the molecule is CCOC(=O)C(F)(F)C(C(=NC(C)=O)c1ccccc1)C(C)C. The number of halogens is 2. The van der Waals surface area contributed by atoms with Gasteiger partial charge in [-0.1, -0.05) is 44.2 Å². The summed E-state index contributed by atoms with van der Waals surface area (Å²) in [6.45, 7) is 5.60. The van der Waals surface area contributed by atoms with Gasteiger partial charge < -0.3 is 4.74 Å². The summed E-state index contributed by atoms with van der Waals surface area (Å²) in [5.74, 6) is -8.19. The molecule has 4 nitrogen and oxygen atoms in total. The molecule has 0 saturated heterocycles. The average molecular weight is 325 g/mol. The fourth-order valence-corrected chi connectivity index (χ4v) is 2.35. The van der Waals surface area contributed by atoms with Crippen molar-refractivity contribution >= 4 is 17.6 Å². The number of carbonyl (C=O) groups is 2. The molecule has 0 spiro atoms. The molecule has 0 aromatic heterocycles. The Balaban J connectivity index is 3.44. The third kappa shape index (κ3) is 4.68. The Morgan fingerprint density at radius 3 is 2.22 bits per heavy atom. The minimum absolute atomic E-state index is 0.105. The highest BCUT2D eigenvalue weighted by molar-refractivity contribution is 6.09. The molecule has 0 bridgehead atoms. The topological polar surface area (TPSA) is 55.7 Å². The van der Waals surface area contributed by atoms with Crippen LogP contribution in [0.2, 0.25) is 0 Å². The van der Waals surface area contributed by atoms with Crippen LogP contribution in [0.1, 0.15) is 33.3 Å². The molecule has 1 aromatic carbocycles. The normalized spacial score (nSPS) is 13.8. The van der Waals surface area contributed by atoms with Crippen molar-refractivity contribution in [2.75, 3.05) is 6.61 Å². The summed E-state index contributed by atoms with van der Waals surface area (Å²) in [7, 11) is 0. The summed E-state index contributed by atoms with van der Waals surface area (Å²) in [6.07, 6.45) is 0. The Morgan fingerprint density at radius 2 is 1.78 bits per heavy atom. The lowest BCUT2D eigenvalue weighted by molar-refractivity contribution is -0.178. The van der Waals surface area contributed by atoms with Crippen LogP contribution in [-0.2, 0) is 14.3 Å². The molecule has 1 amide bonds. The molecule has 0 aliphatic heterocycles. The van der Waals surface area contributed by atoms with Crippen molar-refractivity contribution in [1.82, 2.24) is 0 Å². The van der Waals surface area contributed by atoms with E-state index in [1.54, 1.807) is 44.2 Å². The zero-order valence-corrected chi connectivity index (χ0v) is 13.7. The highest BCUT2D eigenvalue weighted by atomic mass is 19.3. The predicted octanol–water partition coefficient (Wildman–Crippen LogP) is 3.49. The lowest BCUT2D eigenvalue weighted by atomic mass is 9.82. The van der Waals surface area contributed by atoms with Crippen LogP contribution in [0, 0.1) is 11.8 Å². The van der Waals surface area contributed by atoms with Crippen LogP contribution in [0.15, 0.2) is 35.3 Å². The van der Waals surface area contributed by atoms with Gasteiger partial charge in [0.2, 0.25) is 5.91 Å². The summed E-state index contributed by atoms with van der Waals surface area (Å²) in [5, 5.41) is 0. The van der Waals surface area contributed by atoms with E-state index in [2.05, 4.69) is 9.73 Å². The van der Waals surface area contributed by atoms with E-state index >= 15 is 0 Å². The van der Waals surface area contributed by atoms with Crippen molar-refractivity contribution in [1.29, 1.82) is 0 Å². The molecule has 0 fully saturated rings. The number of aliphatic imine (C=N–C) groups is 1. The highest BCUT2D eigenvalue weighted by Gasteiger charge is 2.52. The Labute approximate surface area is 134 Å². The molecule has 0 heterocycles. The van der Waals surface area contributed by atoms with Gasteiger partial charge in [0.1, 0.15) is 0 Å². The van der Waals surface area contributed by atoms with E-state index in [4.69, 9.17) is 0 Å². The van der Waals surface area contributed by atoms with Crippen LogP contribution in [0.3, 0.4) is 0 Å². The largest absolute Gasteiger partial charge is 0.462 e. The maximum Gasteiger partial charge on any atom is 0.377 e. The van der Waals surface area contributed by atoms with Gasteiger partial charge in [-0.2, -0.15) is 8.78 Å². The fourth-order valence-electron chi connectivity index (χ4n) is 2.35. The Hall–Kier alpha value is -2.11. The van der Waals surface area contributed by atoms with Crippen molar-refractivity contribution in [3.8, 4) is 0 Å². The molecule has 1 rings (SSSR count). The second-order valence-electron chi connectivity index (χ2n) is 5.45. The van der Waals surface area contributed by atoms with Crippen LogP contribution >= 0.6 is 0 Å². The third-order valence-corrected chi connectivity index (χ3v) is 3.25. The van der Waals surface area contributed by atoms with Gasteiger partial charge in [0.25, 0.3) is 0 Å². The second kappa shape index (κ2) is 7.94. The van der Waals surface area contributed by atoms with Crippen molar-refractivity contribution in [3.63, 3.8) is 0 Å². The van der Waals surface area contributed by atoms with E-state index in [-0.39, 0.29) is 12.3 Å². The summed E-state index contributed by atoms with van der Waals surface area (Å²) < 4.78 is 33.8. The predicted molar refractivity (Wildman–Crippen MR) is 83.6 cm³/mol. The molecule has 0 aliphatic carbocycles. The first-order valence-corrected chi connectivity index (χ1v) is 7.41. The van der Waals surface area contributed by atoms with E-state index in [1.807, 2.05) is 0 Å². The number of alkyl halides is 2. The van der Waals surface area contributed by atoms with E-state index < -0.39 is 29.6 Å². The zero-order chi connectivity index (χ0) is 17.6. The Bertz CT molecular complexity index is 583. The van der Waals surface area contributed by atoms with E-state index in [0.717, 1.165) is 0 Å². The number of hydrogen-bond acceptors (Lipinski definition) is 3. The summed E-state index contributed by atoms with van der Waals surface area (Å²) >= 11 is 0. The first-order valence-electron chi connectivity index (χ1n) is 7.41. The van der Waals surface area contributed by atoms with Crippen LogP contribution in [0.5, 0.6) is 0 Å². The van der Waals surface area contributed by atoms with Crippen LogP contribution in [-0.4, -0.2) is 30.1 Å². The molecular formula is C17H21F2NO3. The molecule has 6 heteroatoms.